The molecule has 0 fully saturated rings. The van der Waals surface area contributed by atoms with Crippen molar-refractivity contribution in [3.05, 3.63) is 96.1 Å². The van der Waals surface area contributed by atoms with Gasteiger partial charge in [0.05, 0.1) is 10.6 Å². The zero-order valence-electron chi connectivity index (χ0n) is 22.5. The van der Waals surface area contributed by atoms with Crippen LogP contribution in [-0.2, 0) is 26.0 Å². The average molecular weight is 536 g/mol. The van der Waals surface area contributed by atoms with Crippen LogP contribution in [0.5, 0.6) is 0 Å². The molecule has 0 radical (unpaired) electrons. The van der Waals surface area contributed by atoms with E-state index < -0.39 is 28.5 Å². The molecule has 0 aliphatic heterocycles. The Morgan fingerprint density at radius 3 is 2.00 bits per heavy atom. The second kappa shape index (κ2) is 13.2. The minimum absolute atomic E-state index is 0.0898. The van der Waals surface area contributed by atoms with Gasteiger partial charge in [0.2, 0.25) is 11.8 Å². The van der Waals surface area contributed by atoms with E-state index in [0.717, 1.165) is 15.4 Å². The molecule has 202 valence electrons. The first-order chi connectivity index (χ1) is 18.1. The smallest absolute Gasteiger partial charge is 0.264 e. The molecule has 2 amide bonds. The largest absolute Gasteiger partial charge is 0.354 e. The summed E-state index contributed by atoms with van der Waals surface area (Å²) < 4.78 is 28.5. The maximum atomic E-state index is 13.8. The minimum atomic E-state index is -4.04. The number of benzene rings is 3. The van der Waals surface area contributed by atoms with Crippen molar-refractivity contribution in [2.75, 3.05) is 23.9 Å². The van der Waals surface area contributed by atoms with Crippen molar-refractivity contribution >= 4 is 27.5 Å². The zero-order chi connectivity index (χ0) is 27.7. The van der Waals surface area contributed by atoms with E-state index in [2.05, 4.69) is 5.32 Å². The van der Waals surface area contributed by atoms with Crippen LogP contribution in [0.1, 0.15) is 31.9 Å². The highest BCUT2D eigenvalue weighted by atomic mass is 32.2. The van der Waals surface area contributed by atoms with Crippen LogP contribution in [-0.4, -0.2) is 50.8 Å². The molecule has 1 atom stereocenters. The highest BCUT2D eigenvalue weighted by molar-refractivity contribution is 7.92. The second-order valence-electron chi connectivity index (χ2n) is 9.80. The topological polar surface area (TPSA) is 86.8 Å². The second-order valence-corrected chi connectivity index (χ2v) is 11.7. The molecule has 3 rings (SSSR count). The molecule has 3 aromatic carbocycles. The van der Waals surface area contributed by atoms with Gasteiger partial charge in [0, 0.05) is 13.1 Å². The van der Waals surface area contributed by atoms with Crippen LogP contribution in [0.25, 0.3) is 0 Å². The van der Waals surface area contributed by atoms with Gasteiger partial charge in [-0.05, 0) is 56.0 Å². The lowest BCUT2D eigenvalue weighted by Gasteiger charge is -2.32. The number of hydrogen-bond donors (Lipinski definition) is 1. The first kappa shape index (κ1) is 28.9. The fourth-order valence-electron chi connectivity index (χ4n) is 3.98. The highest BCUT2D eigenvalue weighted by Crippen LogP contribution is 2.24. The number of nitrogens with one attached hydrogen (secondary N) is 1. The lowest BCUT2D eigenvalue weighted by molar-refractivity contribution is -0.138. The number of nitrogens with zero attached hydrogens (tertiary/aromatic N) is 2. The molecule has 0 saturated heterocycles. The summed E-state index contributed by atoms with van der Waals surface area (Å²) in [5, 5.41) is 2.90. The van der Waals surface area contributed by atoms with Crippen LogP contribution >= 0.6 is 0 Å². The van der Waals surface area contributed by atoms with Gasteiger partial charge in [-0.2, -0.15) is 0 Å². The van der Waals surface area contributed by atoms with E-state index in [1.165, 1.54) is 17.0 Å². The average Bonchev–Trinajstić information content (AvgIpc) is 2.92. The SMILES string of the molecule is Cc1ccc(N(CC(=O)N(CCc2ccccc2)[C@@H](C)C(=O)NCC(C)C)S(=O)(=O)c2ccccc2)cc1. The van der Waals surface area contributed by atoms with Crippen molar-refractivity contribution in [2.24, 2.45) is 5.92 Å². The normalized spacial score (nSPS) is 12.1. The summed E-state index contributed by atoms with van der Waals surface area (Å²) >= 11 is 0. The van der Waals surface area contributed by atoms with Crippen molar-refractivity contribution in [1.82, 2.24) is 10.2 Å². The fourth-order valence-corrected chi connectivity index (χ4v) is 5.42. The molecule has 0 spiro atoms. The standard InChI is InChI=1S/C30H37N3O4S/c1-23(2)21-31-30(35)25(4)32(20-19-26-11-7-5-8-12-26)29(34)22-33(27-17-15-24(3)16-18-27)38(36,37)28-13-9-6-10-14-28/h5-18,23,25H,19-22H2,1-4H3,(H,31,35)/t25-/m0/s1. The van der Waals surface area contributed by atoms with E-state index >= 15 is 0 Å². The first-order valence-corrected chi connectivity index (χ1v) is 14.3. The van der Waals surface area contributed by atoms with Gasteiger partial charge in [0.15, 0.2) is 0 Å². The number of carbonyl (C=O) groups is 2. The van der Waals surface area contributed by atoms with Crippen molar-refractivity contribution in [3.8, 4) is 0 Å². The summed E-state index contributed by atoms with van der Waals surface area (Å²) in [4.78, 5) is 28.4. The van der Waals surface area contributed by atoms with Crippen LogP contribution in [0.3, 0.4) is 0 Å². The Hall–Kier alpha value is -3.65. The molecule has 0 bridgehead atoms. The Bertz CT molecular complexity index is 1290. The van der Waals surface area contributed by atoms with Crippen molar-refractivity contribution in [3.63, 3.8) is 0 Å². The predicted molar refractivity (Wildman–Crippen MR) is 151 cm³/mol. The summed E-state index contributed by atoms with van der Waals surface area (Å²) in [6.45, 7) is 7.91. The molecule has 0 aliphatic rings. The molecule has 3 aromatic rings. The Balaban J connectivity index is 1.94. The fraction of sp³-hybridized carbons (Fsp3) is 0.333. The highest BCUT2D eigenvalue weighted by Gasteiger charge is 2.32. The molecule has 8 heteroatoms. The van der Waals surface area contributed by atoms with Crippen LogP contribution in [0.2, 0.25) is 0 Å². The molecule has 0 saturated carbocycles. The van der Waals surface area contributed by atoms with Gasteiger partial charge in [0.25, 0.3) is 10.0 Å². The minimum Gasteiger partial charge on any atom is -0.354 e. The van der Waals surface area contributed by atoms with E-state index in [-0.39, 0.29) is 23.3 Å². The first-order valence-electron chi connectivity index (χ1n) is 12.8. The van der Waals surface area contributed by atoms with Crippen LogP contribution in [0, 0.1) is 12.8 Å². The summed E-state index contributed by atoms with van der Waals surface area (Å²) in [6, 6.07) is 24.0. The lowest BCUT2D eigenvalue weighted by Crippen LogP contribution is -2.52. The third-order valence-electron chi connectivity index (χ3n) is 6.27. The van der Waals surface area contributed by atoms with Crippen molar-refractivity contribution in [1.29, 1.82) is 0 Å². The number of sulfonamides is 1. The number of carbonyl (C=O) groups excluding carboxylic acids is 2. The molecule has 0 unspecified atom stereocenters. The third kappa shape index (κ3) is 7.68. The Morgan fingerprint density at radius 1 is 0.842 bits per heavy atom. The summed E-state index contributed by atoms with van der Waals surface area (Å²) in [5.74, 6) is -0.464. The number of anilines is 1. The molecule has 0 heterocycles. The Morgan fingerprint density at radius 2 is 1.42 bits per heavy atom. The van der Waals surface area contributed by atoms with Crippen molar-refractivity contribution in [2.45, 2.75) is 45.1 Å². The van der Waals surface area contributed by atoms with Gasteiger partial charge in [-0.3, -0.25) is 13.9 Å². The number of hydrogen-bond acceptors (Lipinski definition) is 4. The van der Waals surface area contributed by atoms with E-state index in [9.17, 15) is 18.0 Å². The third-order valence-corrected chi connectivity index (χ3v) is 8.06. The maximum absolute atomic E-state index is 13.8. The maximum Gasteiger partial charge on any atom is 0.264 e. The van der Waals surface area contributed by atoms with Gasteiger partial charge >= 0.3 is 0 Å². The molecular formula is C30H37N3O4S. The van der Waals surface area contributed by atoms with Crippen LogP contribution in [0.4, 0.5) is 5.69 Å². The number of rotatable bonds is 12. The lowest BCUT2D eigenvalue weighted by atomic mass is 10.1. The number of aryl methyl sites for hydroxylation is 1. The monoisotopic (exact) mass is 535 g/mol. The molecule has 0 aliphatic carbocycles. The quantitative estimate of drug-likeness (QED) is 0.372. The van der Waals surface area contributed by atoms with E-state index in [0.29, 0.717) is 18.7 Å². The molecular weight excluding hydrogens is 498 g/mol. The van der Waals surface area contributed by atoms with E-state index in [1.807, 2.05) is 63.2 Å². The van der Waals surface area contributed by atoms with Gasteiger partial charge in [0.1, 0.15) is 12.6 Å². The summed E-state index contributed by atoms with van der Waals surface area (Å²) in [5.41, 5.74) is 2.37. The molecule has 38 heavy (non-hydrogen) atoms. The zero-order valence-corrected chi connectivity index (χ0v) is 23.3. The molecule has 7 nitrogen and oxygen atoms in total. The Kier molecular flexibility index (Phi) is 10.1. The van der Waals surface area contributed by atoms with Crippen LogP contribution in [0.15, 0.2) is 89.8 Å². The summed E-state index contributed by atoms with van der Waals surface area (Å²) in [7, 11) is -4.04. The molecule has 1 N–H and O–H groups in total. The van der Waals surface area contributed by atoms with Crippen LogP contribution < -0.4 is 9.62 Å². The summed E-state index contributed by atoms with van der Waals surface area (Å²) in [6.07, 6.45) is 0.532. The van der Waals surface area contributed by atoms with E-state index in [1.54, 1.807) is 37.3 Å². The number of amides is 2. The van der Waals surface area contributed by atoms with E-state index in [4.69, 9.17) is 0 Å². The van der Waals surface area contributed by atoms with Gasteiger partial charge in [-0.15, -0.1) is 0 Å². The molecule has 0 aromatic heterocycles. The Labute approximate surface area is 226 Å². The predicted octanol–water partition coefficient (Wildman–Crippen LogP) is 4.42. The van der Waals surface area contributed by atoms with Gasteiger partial charge < -0.3 is 10.2 Å². The van der Waals surface area contributed by atoms with Gasteiger partial charge in [-0.25, -0.2) is 8.42 Å². The van der Waals surface area contributed by atoms with Crippen molar-refractivity contribution < 1.29 is 18.0 Å². The van der Waals surface area contributed by atoms with Gasteiger partial charge in [-0.1, -0.05) is 80.1 Å².